The quantitative estimate of drug-likeness (QED) is 0.824. The molecule has 0 spiro atoms. The van der Waals surface area contributed by atoms with Crippen LogP contribution < -0.4 is 5.32 Å². The number of nitrogens with zero attached hydrogens (tertiary/aromatic N) is 3. The van der Waals surface area contributed by atoms with Crippen LogP contribution in [0, 0.1) is 5.92 Å². The Morgan fingerprint density at radius 2 is 1.96 bits per heavy atom. The van der Waals surface area contributed by atoms with E-state index in [1.54, 1.807) is 0 Å². The Hall–Kier alpha value is -1.53. The van der Waals surface area contributed by atoms with E-state index in [9.17, 15) is 4.79 Å². The van der Waals surface area contributed by atoms with E-state index in [1.165, 1.54) is 32.1 Å². The Bertz CT molecular complexity index is 528. The first-order chi connectivity index (χ1) is 11.7. The number of hydrogen-bond donors (Lipinski definition) is 2. The van der Waals surface area contributed by atoms with Gasteiger partial charge in [0.25, 0.3) is 0 Å². The molecule has 1 aliphatic carbocycles. The van der Waals surface area contributed by atoms with E-state index in [0.29, 0.717) is 18.4 Å². The fraction of sp³-hybridized carbons (Fsp3) is 0.722. The van der Waals surface area contributed by atoms with Crippen LogP contribution in [0.25, 0.3) is 0 Å². The lowest BCUT2D eigenvalue weighted by molar-refractivity contribution is -0.123. The van der Waals surface area contributed by atoms with Crippen LogP contribution in [0.1, 0.15) is 55.8 Å². The largest absolute Gasteiger partial charge is 0.387 e. The van der Waals surface area contributed by atoms with Crippen molar-refractivity contribution in [1.82, 2.24) is 20.2 Å². The van der Waals surface area contributed by atoms with E-state index >= 15 is 0 Å². The molecule has 6 heteroatoms. The first-order valence-corrected chi connectivity index (χ1v) is 9.15. The van der Waals surface area contributed by atoms with E-state index in [2.05, 4.69) is 20.2 Å². The first kappa shape index (κ1) is 17.3. The maximum atomic E-state index is 11.1. The van der Waals surface area contributed by atoms with Crippen molar-refractivity contribution in [3.05, 3.63) is 23.8 Å². The van der Waals surface area contributed by atoms with Crippen molar-refractivity contribution < 1.29 is 9.90 Å². The number of amides is 1. The average molecular weight is 332 g/mol. The lowest BCUT2D eigenvalue weighted by atomic mass is 9.89. The van der Waals surface area contributed by atoms with Gasteiger partial charge >= 0.3 is 0 Å². The fourth-order valence-electron chi connectivity index (χ4n) is 3.81. The summed E-state index contributed by atoms with van der Waals surface area (Å²) in [6.07, 6.45) is 11.5. The van der Waals surface area contributed by atoms with Crippen LogP contribution in [0.3, 0.4) is 0 Å². The number of aliphatic hydroxyl groups is 1. The van der Waals surface area contributed by atoms with Crippen LogP contribution in [0.15, 0.2) is 12.4 Å². The molecule has 1 amide bonds. The van der Waals surface area contributed by atoms with Gasteiger partial charge in [-0.15, -0.1) is 0 Å². The lowest BCUT2D eigenvalue weighted by Gasteiger charge is -2.20. The SMILES string of the molecule is O=C(CO)NC[C@@H]1CCN(Cc2cnc(C3CCCCC3)nc2)C1. The first-order valence-electron chi connectivity index (χ1n) is 9.15. The molecule has 3 rings (SSSR count). The van der Waals surface area contributed by atoms with Crippen LogP contribution in [-0.2, 0) is 11.3 Å². The van der Waals surface area contributed by atoms with Gasteiger partial charge in [-0.05, 0) is 31.7 Å². The summed E-state index contributed by atoms with van der Waals surface area (Å²) in [6, 6.07) is 0. The Balaban J connectivity index is 1.45. The molecular formula is C18H28N4O2. The van der Waals surface area contributed by atoms with Crippen LogP contribution in [0.4, 0.5) is 0 Å². The van der Waals surface area contributed by atoms with Gasteiger partial charge in [-0.2, -0.15) is 0 Å². The van der Waals surface area contributed by atoms with Crippen molar-refractivity contribution in [2.24, 2.45) is 5.92 Å². The molecule has 0 unspecified atom stereocenters. The number of carbonyl (C=O) groups is 1. The van der Waals surface area contributed by atoms with Crippen LogP contribution in [0.5, 0.6) is 0 Å². The molecule has 1 saturated heterocycles. The highest BCUT2D eigenvalue weighted by Gasteiger charge is 2.23. The number of carbonyl (C=O) groups excluding carboxylic acids is 1. The predicted octanol–water partition coefficient (Wildman–Crippen LogP) is 1.45. The highest BCUT2D eigenvalue weighted by Crippen LogP contribution is 2.30. The zero-order valence-electron chi connectivity index (χ0n) is 14.3. The summed E-state index contributed by atoms with van der Waals surface area (Å²) in [6.45, 7) is 3.09. The number of nitrogens with one attached hydrogen (secondary N) is 1. The van der Waals surface area contributed by atoms with Crippen LogP contribution in [-0.4, -0.2) is 52.1 Å². The standard InChI is InChI=1S/C18H28N4O2/c23-13-17(24)19-8-14-6-7-22(11-14)12-15-9-20-18(21-10-15)16-4-2-1-3-5-16/h9-10,14,16,23H,1-8,11-13H2,(H,19,24)/t14-/m0/s1. The van der Waals surface area contributed by atoms with E-state index in [-0.39, 0.29) is 5.91 Å². The van der Waals surface area contributed by atoms with Gasteiger partial charge in [0, 0.05) is 43.5 Å². The highest BCUT2D eigenvalue weighted by molar-refractivity contribution is 5.76. The van der Waals surface area contributed by atoms with Gasteiger partial charge in [-0.3, -0.25) is 9.69 Å². The van der Waals surface area contributed by atoms with Gasteiger partial charge in [0.15, 0.2) is 0 Å². The van der Waals surface area contributed by atoms with Crippen molar-refractivity contribution in [2.75, 3.05) is 26.2 Å². The minimum Gasteiger partial charge on any atom is -0.387 e. The molecule has 2 fully saturated rings. The smallest absolute Gasteiger partial charge is 0.245 e. The molecule has 0 radical (unpaired) electrons. The summed E-state index contributed by atoms with van der Waals surface area (Å²) in [7, 11) is 0. The minimum absolute atomic E-state index is 0.292. The van der Waals surface area contributed by atoms with Crippen molar-refractivity contribution in [2.45, 2.75) is 51.0 Å². The van der Waals surface area contributed by atoms with Crippen molar-refractivity contribution in [1.29, 1.82) is 0 Å². The van der Waals surface area contributed by atoms with Crippen molar-refractivity contribution in [3.63, 3.8) is 0 Å². The molecule has 132 valence electrons. The number of rotatable bonds is 6. The van der Waals surface area contributed by atoms with Crippen LogP contribution in [0.2, 0.25) is 0 Å². The molecule has 1 aromatic rings. The Morgan fingerprint density at radius 3 is 2.67 bits per heavy atom. The molecule has 1 atom stereocenters. The monoisotopic (exact) mass is 332 g/mol. The molecule has 2 N–H and O–H groups in total. The Kier molecular flexibility index (Phi) is 6.15. The Labute approximate surface area is 143 Å². The topological polar surface area (TPSA) is 78.4 Å². The molecule has 0 bridgehead atoms. The highest BCUT2D eigenvalue weighted by atomic mass is 16.3. The lowest BCUT2D eigenvalue weighted by Crippen LogP contribution is -2.32. The van der Waals surface area contributed by atoms with Gasteiger partial charge in [-0.1, -0.05) is 19.3 Å². The minimum atomic E-state index is -0.429. The van der Waals surface area contributed by atoms with Gasteiger partial charge in [0.1, 0.15) is 12.4 Å². The molecular weight excluding hydrogens is 304 g/mol. The second-order valence-electron chi connectivity index (χ2n) is 7.14. The zero-order chi connectivity index (χ0) is 16.8. The molecule has 2 aliphatic rings. The summed E-state index contributed by atoms with van der Waals surface area (Å²) in [4.78, 5) is 22.7. The number of aliphatic hydroxyl groups excluding tert-OH is 1. The molecule has 6 nitrogen and oxygen atoms in total. The van der Waals surface area contributed by atoms with Gasteiger partial charge in [-0.25, -0.2) is 9.97 Å². The maximum absolute atomic E-state index is 11.1. The van der Waals surface area contributed by atoms with Gasteiger partial charge < -0.3 is 10.4 Å². The van der Waals surface area contributed by atoms with Gasteiger partial charge in [0.2, 0.25) is 5.91 Å². The third-order valence-corrected chi connectivity index (χ3v) is 5.20. The van der Waals surface area contributed by atoms with E-state index in [4.69, 9.17) is 5.11 Å². The second-order valence-corrected chi connectivity index (χ2v) is 7.14. The zero-order valence-corrected chi connectivity index (χ0v) is 14.3. The number of hydrogen-bond acceptors (Lipinski definition) is 5. The predicted molar refractivity (Wildman–Crippen MR) is 91.3 cm³/mol. The summed E-state index contributed by atoms with van der Waals surface area (Å²) < 4.78 is 0. The number of likely N-dealkylation sites (tertiary alicyclic amines) is 1. The summed E-state index contributed by atoms with van der Waals surface area (Å²) in [5.74, 6) is 1.74. The summed E-state index contributed by atoms with van der Waals surface area (Å²) in [5.41, 5.74) is 1.16. The normalized spacial score (nSPS) is 22.6. The van der Waals surface area contributed by atoms with Crippen LogP contribution >= 0.6 is 0 Å². The van der Waals surface area contributed by atoms with Crippen molar-refractivity contribution in [3.8, 4) is 0 Å². The third kappa shape index (κ3) is 4.74. The van der Waals surface area contributed by atoms with E-state index in [0.717, 1.165) is 37.4 Å². The number of aromatic nitrogens is 2. The molecule has 24 heavy (non-hydrogen) atoms. The fourth-order valence-corrected chi connectivity index (χ4v) is 3.81. The van der Waals surface area contributed by atoms with Crippen molar-refractivity contribution >= 4 is 5.91 Å². The molecule has 1 saturated carbocycles. The molecule has 1 aromatic heterocycles. The maximum Gasteiger partial charge on any atom is 0.245 e. The van der Waals surface area contributed by atoms with Gasteiger partial charge in [0.05, 0.1) is 0 Å². The van der Waals surface area contributed by atoms with E-state index in [1.807, 2.05) is 12.4 Å². The Morgan fingerprint density at radius 1 is 1.21 bits per heavy atom. The summed E-state index contributed by atoms with van der Waals surface area (Å²) in [5, 5.41) is 11.5. The molecule has 0 aromatic carbocycles. The third-order valence-electron chi connectivity index (χ3n) is 5.20. The average Bonchev–Trinajstić information content (AvgIpc) is 3.08. The van der Waals surface area contributed by atoms with E-state index < -0.39 is 6.61 Å². The molecule has 1 aliphatic heterocycles. The summed E-state index contributed by atoms with van der Waals surface area (Å²) >= 11 is 0. The second kappa shape index (κ2) is 8.53. The molecule has 2 heterocycles.